The molecule has 0 saturated carbocycles. The van der Waals surface area contributed by atoms with Gasteiger partial charge in [0.1, 0.15) is 0 Å². The molecule has 0 spiro atoms. The van der Waals surface area contributed by atoms with Crippen LogP contribution in [0.1, 0.15) is 63.3 Å². The predicted molar refractivity (Wildman–Crippen MR) is 169 cm³/mol. The highest BCUT2D eigenvalue weighted by atomic mass is 14.9. The van der Waals surface area contributed by atoms with Crippen LogP contribution in [-0.4, -0.2) is 6.04 Å². The van der Waals surface area contributed by atoms with Gasteiger partial charge < -0.3 is 5.32 Å². The van der Waals surface area contributed by atoms with Crippen LogP contribution in [0.25, 0.3) is 22.4 Å². The molecular formula is C38H39N. The van der Waals surface area contributed by atoms with E-state index in [1.807, 2.05) is 6.08 Å². The Balaban J connectivity index is 1.54. The van der Waals surface area contributed by atoms with Crippen molar-refractivity contribution in [3.63, 3.8) is 0 Å². The molecule has 0 bridgehead atoms. The van der Waals surface area contributed by atoms with Gasteiger partial charge in [-0.05, 0) is 94.2 Å². The van der Waals surface area contributed by atoms with Gasteiger partial charge in [0, 0.05) is 11.1 Å². The van der Waals surface area contributed by atoms with E-state index < -0.39 is 0 Å². The van der Waals surface area contributed by atoms with Crippen LogP contribution in [0.3, 0.4) is 0 Å². The van der Waals surface area contributed by atoms with Crippen molar-refractivity contribution >= 4 is 11.3 Å². The summed E-state index contributed by atoms with van der Waals surface area (Å²) in [5.41, 5.74) is 13.9. The predicted octanol–water partition coefficient (Wildman–Crippen LogP) is 9.80. The summed E-state index contributed by atoms with van der Waals surface area (Å²) in [5.74, 6) is 0. The molecule has 1 aliphatic carbocycles. The maximum Gasteiger partial charge on any atom is 0.0707 e. The number of nitrogens with one attached hydrogen (secondary N) is 1. The summed E-state index contributed by atoms with van der Waals surface area (Å²) >= 11 is 0. The quantitative estimate of drug-likeness (QED) is 0.313. The number of benzene rings is 3. The van der Waals surface area contributed by atoms with Crippen molar-refractivity contribution in [3.05, 3.63) is 155 Å². The van der Waals surface area contributed by atoms with Gasteiger partial charge >= 0.3 is 0 Å². The molecule has 1 N–H and O–H groups in total. The molecular weight excluding hydrogens is 470 g/mol. The van der Waals surface area contributed by atoms with E-state index in [0.717, 1.165) is 17.7 Å². The summed E-state index contributed by atoms with van der Waals surface area (Å²) in [6.07, 6.45) is 14.4. The summed E-state index contributed by atoms with van der Waals surface area (Å²) < 4.78 is 0. The van der Waals surface area contributed by atoms with E-state index in [-0.39, 0.29) is 11.5 Å². The zero-order chi connectivity index (χ0) is 27.6. The molecule has 3 aromatic carbocycles. The van der Waals surface area contributed by atoms with Crippen molar-refractivity contribution in [2.75, 3.05) is 0 Å². The highest BCUT2D eigenvalue weighted by Crippen LogP contribution is 2.49. The van der Waals surface area contributed by atoms with Crippen molar-refractivity contribution in [3.8, 4) is 11.1 Å². The van der Waals surface area contributed by atoms with E-state index in [1.54, 1.807) is 0 Å². The van der Waals surface area contributed by atoms with E-state index in [9.17, 15) is 0 Å². The lowest BCUT2D eigenvalue weighted by molar-refractivity contribution is 0.660. The Hall–Kier alpha value is -4.10. The Bertz CT molecular complexity index is 1550. The van der Waals surface area contributed by atoms with Gasteiger partial charge in [-0.3, -0.25) is 0 Å². The molecule has 1 nitrogen and oxygen atoms in total. The summed E-state index contributed by atoms with van der Waals surface area (Å²) in [7, 11) is 0. The van der Waals surface area contributed by atoms with Gasteiger partial charge in [0.15, 0.2) is 0 Å². The second kappa shape index (κ2) is 10.9. The molecule has 1 heterocycles. The molecule has 1 heteroatoms. The number of rotatable bonds is 7. The minimum absolute atomic E-state index is 0.0138. The third kappa shape index (κ3) is 5.02. The lowest BCUT2D eigenvalue weighted by atomic mass is 9.82. The fourth-order valence-corrected chi connectivity index (χ4v) is 5.96. The summed E-state index contributed by atoms with van der Waals surface area (Å²) in [5, 5.41) is 3.78. The molecule has 0 amide bonds. The summed E-state index contributed by atoms with van der Waals surface area (Å²) in [6.45, 7) is 15.4. The molecule has 1 atom stereocenters. The summed E-state index contributed by atoms with van der Waals surface area (Å²) in [4.78, 5) is 0. The average Bonchev–Trinajstić information content (AvgIpc) is 3.20. The molecule has 0 fully saturated rings. The molecule has 1 unspecified atom stereocenters. The number of dihydropyridines is 1. The lowest BCUT2D eigenvalue weighted by Crippen LogP contribution is -2.30. The van der Waals surface area contributed by atoms with E-state index in [0.29, 0.717) is 0 Å². The van der Waals surface area contributed by atoms with Gasteiger partial charge in [0.25, 0.3) is 0 Å². The first-order valence-corrected chi connectivity index (χ1v) is 14.0. The van der Waals surface area contributed by atoms with Crippen molar-refractivity contribution in [2.45, 2.75) is 52.5 Å². The standard InChI is InChI=1S/C38H39N/c1-7-15-26(4)31-24-36(39-37(25-31)29-16-11-10-12-17-29)28(9-3)22-27(8-2)30-20-21-35-33(23-30)32-18-13-14-19-34(32)38(35,5)6/h8-25,36,39H,3,7H2,1-2,4-6H3/b26-15+,27-8+,28-22+. The normalized spacial score (nSPS) is 18.5. The Morgan fingerprint density at radius 2 is 1.67 bits per heavy atom. The van der Waals surface area contributed by atoms with Crippen LogP contribution < -0.4 is 5.32 Å². The van der Waals surface area contributed by atoms with Crippen LogP contribution in [0, 0.1) is 0 Å². The van der Waals surface area contributed by atoms with Crippen molar-refractivity contribution < 1.29 is 0 Å². The second-order valence-electron chi connectivity index (χ2n) is 11.0. The van der Waals surface area contributed by atoms with Crippen molar-refractivity contribution in [2.24, 2.45) is 0 Å². The third-order valence-corrected chi connectivity index (χ3v) is 8.15. The fraction of sp³-hybridized carbons (Fsp3) is 0.211. The van der Waals surface area contributed by atoms with E-state index in [4.69, 9.17) is 0 Å². The smallest absolute Gasteiger partial charge is 0.0707 e. The molecule has 1 aliphatic heterocycles. The van der Waals surface area contributed by atoms with Crippen LogP contribution in [-0.2, 0) is 5.41 Å². The number of hydrogen-bond acceptors (Lipinski definition) is 1. The second-order valence-corrected chi connectivity index (χ2v) is 11.0. The lowest BCUT2D eigenvalue weighted by Gasteiger charge is -2.27. The minimum Gasteiger partial charge on any atom is -0.374 e. The third-order valence-electron chi connectivity index (χ3n) is 8.15. The zero-order valence-corrected chi connectivity index (χ0v) is 23.9. The van der Waals surface area contributed by atoms with Gasteiger partial charge in [-0.2, -0.15) is 0 Å². The molecule has 5 rings (SSSR count). The van der Waals surface area contributed by atoms with Crippen LogP contribution >= 0.6 is 0 Å². The van der Waals surface area contributed by atoms with E-state index in [1.165, 1.54) is 50.1 Å². The first-order valence-electron chi connectivity index (χ1n) is 14.0. The minimum atomic E-state index is 0.0138. The first-order chi connectivity index (χ1) is 18.9. The average molecular weight is 510 g/mol. The topological polar surface area (TPSA) is 12.0 Å². The molecule has 2 aliphatic rings. The zero-order valence-electron chi connectivity index (χ0n) is 23.9. The fourth-order valence-electron chi connectivity index (χ4n) is 5.96. The van der Waals surface area contributed by atoms with Crippen molar-refractivity contribution in [1.82, 2.24) is 5.32 Å². The number of hydrogen-bond donors (Lipinski definition) is 1. The summed E-state index contributed by atoms with van der Waals surface area (Å²) in [6, 6.07) is 26.4. The van der Waals surface area contributed by atoms with E-state index >= 15 is 0 Å². The van der Waals surface area contributed by atoms with E-state index in [2.05, 4.69) is 150 Å². The van der Waals surface area contributed by atoms with Gasteiger partial charge in [-0.15, -0.1) is 0 Å². The Morgan fingerprint density at radius 3 is 2.38 bits per heavy atom. The molecule has 39 heavy (non-hydrogen) atoms. The van der Waals surface area contributed by atoms with Gasteiger partial charge in [-0.1, -0.05) is 118 Å². The maximum absolute atomic E-state index is 4.23. The maximum atomic E-state index is 4.23. The molecule has 0 saturated heterocycles. The highest BCUT2D eigenvalue weighted by molar-refractivity contribution is 5.85. The van der Waals surface area contributed by atoms with Gasteiger partial charge in [-0.25, -0.2) is 0 Å². The molecule has 0 aromatic heterocycles. The number of fused-ring (bicyclic) bond motifs is 3. The Kier molecular flexibility index (Phi) is 7.44. The van der Waals surface area contributed by atoms with Crippen LogP contribution in [0.5, 0.6) is 0 Å². The van der Waals surface area contributed by atoms with Crippen LogP contribution in [0.4, 0.5) is 0 Å². The monoisotopic (exact) mass is 509 g/mol. The van der Waals surface area contributed by atoms with Gasteiger partial charge in [0.2, 0.25) is 0 Å². The SMILES string of the molecule is C=C/C(=C\C(=C/C)c1ccc2c(c1)-c1ccccc1C2(C)C)C1C=C(/C(C)=C/CC)C=C(c2ccccc2)N1. The van der Waals surface area contributed by atoms with Crippen LogP contribution in [0.2, 0.25) is 0 Å². The Morgan fingerprint density at radius 1 is 0.949 bits per heavy atom. The van der Waals surface area contributed by atoms with Crippen molar-refractivity contribution in [1.29, 1.82) is 0 Å². The van der Waals surface area contributed by atoms with Crippen LogP contribution in [0.15, 0.2) is 133 Å². The first kappa shape index (κ1) is 26.5. The Labute approximate surface area is 234 Å². The molecule has 196 valence electrons. The molecule has 0 radical (unpaired) electrons. The van der Waals surface area contributed by atoms with Gasteiger partial charge in [0.05, 0.1) is 6.04 Å². The largest absolute Gasteiger partial charge is 0.374 e. The molecule has 3 aromatic rings. The highest BCUT2D eigenvalue weighted by Gasteiger charge is 2.35. The number of allylic oxidation sites excluding steroid dienone is 7.